The zero-order valence-electron chi connectivity index (χ0n) is 13.3. The van der Waals surface area contributed by atoms with Gasteiger partial charge in [0.25, 0.3) is 0 Å². The van der Waals surface area contributed by atoms with Crippen LogP contribution in [0.4, 0.5) is 5.13 Å². The normalized spacial score (nSPS) is 15.3. The molecule has 1 aliphatic rings. The van der Waals surface area contributed by atoms with Crippen molar-refractivity contribution in [1.82, 2.24) is 9.88 Å². The van der Waals surface area contributed by atoms with Gasteiger partial charge in [-0.25, -0.2) is 4.98 Å². The van der Waals surface area contributed by atoms with Crippen LogP contribution < -0.4 is 5.32 Å². The summed E-state index contributed by atoms with van der Waals surface area (Å²) >= 11 is 1.30. The lowest BCUT2D eigenvalue weighted by Crippen LogP contribution is -2.41. The van der Waals surface area contributed by atoms with Gasteiger partial charge in [0.15, 0.2) is 5.13 Å². The van der Waals surface area contributed by atoms with E-state index in [-0.39, 0.29) is 30.1 Å². The average molecular weight is 339 g/mol. The minimum Gasteiger partial charge on any atom is -0.466 e. The molecule has 0 aromatic carbocycles. The summed E-state index contributed by atoms with van der Waals surface area (Å²) in [5, 5.41) is 4.87. The number of piperidine rings is 1. The largest absolute Gasteiger partial charge is 0.466 e. The molecule has 0 aliphatic carbocycles. The zero-order chi connectivity index (χ0) is 16.8. The van der Waals surface area contributed by atoms with Gasteiger partial charge in [-0.05, 0) is 19.8 Å². The molecule has 0 saturated carbocycles. The molecule has 1 saturated heterocycles. The van der Waals surface area contributed by atoms with Crippen molar-refractivity contribution in [1.29, 1.82) is 0 Å². The summed E-state index contributed by atoms with van der Waals surface area (Å²) in [5.74, 6) is -0.464. The first-order chi connectivity index (χ1) is 11.0. The van der Waals surface area contributed by atoms with Gasteiger partial charge in [0, 0.05) is 25.4 Å². The number of esters is 1. The molecule has 0 radical (unpaired) electrons. The number of carbonyl (C=O) groups is 3. The molecule has 2 amide bonds. The summed E-state index contributed by atoms with van der Waals surface area (Å²) in [7, 11) is 0. The van der Waals surface area contributed by atoms with E-state index in [1.165, 1.54) is 18.3 Å². The minimum absolute atomic E-state index is 0.00742. The second-order valence-corrected chi connectivity index (χ2v) is 6.27. The number of hydrogen-bond donors (Lipinski definition) is 1. The van der Waals surface area contributed by atoms with Crippen molar-refractivity contribution >= 4 is 34.3 Å². The van der Waals surface area contributed by atoms with E-state index in [1.54, 1.807) is 17.2 Å². The summed E-state index contributed by atoms with van der Waals surface area (Å²) < 4.78 is 5.02. The molecule has 0 atom stereocenters. The molecule has 1 N–H and O–H groups in total. The fraction of sp³-hybridized carbons (Fsp3) is 0.600. The summed E-state index contributed by atoms with van der Waals surface area (Å²) in [6.45, 7) is 4.72. The summed E-state index contributed by atoms with van der Waals surface area (Å²) in [6.07, 6.45) is 1.48. The van der Waals surface area contributed by atoms with Crippen LogP contribution in [0.2, 0.25) is 0 Å². The van der Waals surface area contributed by atoms with Crippen LogP contribution in [0.15, 0.2) is 5.38 Å². The number of anilines is 1. The van der Waals surface area contributed by atoms with Gasteiger partial charge < -0.3 is 15.0 Å². The molecule has 0 spiro atoms. The Hall–Kier alpha value is -1.96. The molecule has 1 fully saturated rings. The second-order valence-electron chi connectivity index (χ2n) is 5.41. The lowest BCUT2D eigenvalue weighted by Gasteiger charge is -2.30. The van der Waals surface area contributed by atoms with Crippen molar-refractivity contribution in [3.63, 3.8) is 0 Å². The van der Waals surface area contributed by atoms with Crippen LogP contribution in [0.3, 0.4) is 0 Å². The Morgan fingerprint density at radius 1 is 1.39 bits per heavy atom. The number of aromatic nitrogens is 1. The Morgan fingerprint density at radius 3 is 2.70 bits per heavy atom. The van der Waals surface area contributed by atoms with E-state index in [2.05, 4.69) is 10.3 Å². The lowest BCUT2D eigenvalue weighted by atomic mass is 9.97. The molecular weight excluding hydrogens is 318 g/mol. The summed E-state index contributed by atoms with van der Waals surface area (Å²) in [4.78, 5) is 40.9. The van der Waals surface area contributed by atoms with Crippen LogP contribution in [0, 0.1) is 5.92 Å². The van der Waals surface area contributed by atoms with Gasteiger partial charge in [-0.2, -0.15) is 0 Å². The molecule has 1 aromatic rings. The van der Waals surface area contributed by atoms with Gasteiger partial charge in [0.1, 0.15) is 0 Å². The number of thiazole rings is 1. The van der Waals surface area contributed by atoms with Crippen LogP contribution in [0.25, 0.3) is 0 Å². The number of hydrogen-bond acceptors (Lipinski definition) is 6. The maximum atomic E-state index is 12.3. The number of amides is 2. The number of nitrogens with zero attached hydrogens (tertiary/aromatic N) is 2. The highest BCUT2D eigenvalue weighted by atomic mass is 32.1. The summed E-state index contributed by atoms with van der Waals surface area (Å²) in [6, 6.07) is 0. The monoisotopic (exact) mass is 339 g/mol. The predicted octanol–water partition coefficient (Wildman–Crippen LogP) is 1.45. The van der Waals surface area contributed by atoms with E-state index in [0.29, 0.717) is 43.4 Å². The Balaban J connectivity index is 1.82. The molecular formula is C15H21N3O4S. The fourth-order valence-corrected chi connectivity index (χ4v) is 3.24. The van der Waals surface area contributed by atoms with Crippen molar-refractivity contribution in [3.05, 3.63) is 11.1 Å². The molecule has 1 aliphatic heterocycles. The Labute approximate surface area is 139 Å². The van der Waals surface area contributed by atoms with Crippen molar-refractivity contribution in [2.75, 3.05) is 25.0 Å². The first-order valence-corrected chi connectivity index (χ1v) is 8.54. The van der Waals surface area contributed by atoms with E-state index in [1.807, 2.05) is 0 Å². The number of nitrogens with one attached hydrogen (secondary N) is 1. The third-order valence-corrected chi connectivity index (χ3v) is 4.44. The SMILES string of the molecule is CCOC(=O)C1CCN(C(=O)Cc2csc(NC(C)=O)n2)CC1. The van der Waals surface area contributed by atoms with E-state index < -0.39 is 0 Å². The third-order valence-electron chi connectivity index (χ3n) is 3.63. The van der Waals surface area contributed by atoms with Crippen molar-refractivity contribution in [2.45, 2.75) is 33.1 Å². The maximum absolute atomic E-state index is 12.3. The van der Waals surface area contributed by atoms with Crippen LogP contribution in [0.5, 0.6) is 0 Å². The highest BCUT2D eigenvalue weighted by Crippen LogP contribution is 2.20. The average Bonchev–Trinajstić information content (AvgIpc) is 2.93. The zero-order valence-corrected chi connectivity index (χ0v) is 14.1. The van der Waals surface area contributed by atoms with Gasteiger partial charge in [0.2, 0.25) is 11.8 Å². The van der Waals surface area contributed by atoms with Gasteiger partial charge in [-0.3, -0.25) is 14.4 Å². The number of carbonyl (C=O) groups excluding carboxylic acids is 3. The van der Waals surface area contributed by atoms with Gasteiger partial charge >= 0.3 is 5.97 Å². The number of likely N-dealkylation sites (tertiary alicyclic amines) is 1. The smallest absolute Gasteiger partial charge is 0.309 e. The molecule has 126 valence electrons. The predicted molar refractivity (Wildman–Crippen MR) is 86.1 cm³/mol. The van der Waals surface area contributed by atoms with E-state index >= 15 is 0 Å². The molecule has 1 aromatic heterocycles. The van der Waals surface area contributed by atoms with Gasteiger partial charge in [-0.1, -0.05) is 0 Å². The molecule has 2 heterocycles. The molecule has 7 nitrogen and oxygen atoms in total. The first-order valence-electron chi connectivity index (χ1n) is 7.66. The highest BCUT2D eigenvalue weighted by molar-refractivity contribution is 7.13. The van der Waals surface area contributed by atoms with Crippen LogP contribution >= 0.6 is 11.3 Å². The molecule has 0 unspecified atom stereocenters. The van der Waals surface area contributed by atoms with Crippen molar-refractivity contribution < 1.29 is 19.1 Å². The fourth-order valence-electron chi connectivity index (χ4n) is 2.49. The molecule has 0 bridgehead atoms. The van der Waals surface area contributed by atoms with Crippen LogP contribution in [-0.4, -0.2) is 47.4 Å². The minimum atomic E-state index is -0.182. The topological polar surface area (TPSA) is 88.6 Å². The molecule has 8 heteroatoms. The second kappa shape index (κ2) is 8.05. The standard InChI is InChI=1S/C15H21N3O4S/c1-3-22-14(21)11-4-6-18(7-5-11)13(20)8-12-9-23-15(17-12)16-10(2)19/h9,11H,3-8H2,1-2H3,(H,16,17,19). The van der Waals surface area contributed by atoms with Gasteiger partial charge in [0.05, 0.1) is 24.6 Å². The maximum Gasteiger partial charge on any atom is 0.309 e. The third kappa shape index (κ3) is 5.02. The van der Waals surface area contributed by atoms with E-state index in [9.17, 15) is 14.4 Å². The van der Waals surface area contributed by atoms with E-state index in [4.69, 9.17) is 4.74 Å². The summed E-state index contributed by atoms with van der Waals surface area (Å²) in [5.41, 5.74) is 0.649. The highest BCUT2D eigenvalue weighted by Gasteiger charge is 2.28. The molecule has 23 heavy (non-hydrogen) atoms. The quantitative estimate of drug-likeness (QED) is 0.820. The lowest BCUT2D eigenvalue weighted by molar-refractivity contribution is -0.151. The van der Waals surface area contributed by atoms with Crippen molar-refractivity contribution in [2.24, 2.45) is 5.92 Å². The van der Waals surface area contributed by atoms with Gasteiger partial charge in [-0.15, -0.1) is 11.3 Å². The Morgan fingerprint density at radius 2 is 2.09 bits per heavy atom. The van der Waals surface area contributed by atoms with E-state index in [0.717, 1.165) is 0 Å². The van der Waals surface area contributed by atoms with Crippen LogP contribution in [-0.2, 0) is 25.5 Å². The molecule has 2 rings (SSSR count). The van der Waals surface area contributed by atoms with Crippen molar-refractivity contribution in [3.8, 4) is 0 Å². The Kier molecular flexibility index (Phi) is 6.09. The van der Waals surface area contributed by atoms with Crippen LogP contribution in [0.1, 0.15) is 32.4 Å². The Bertz CT molecular complexity index is 579. The first kappa shape index (κ1) is 17.4. The number of ether oxygens (including phenoxy) is 1. The number of rotatable bonds is 5.